The fourth-order valence-corrected chi connectivity index (χ4v) is 2.10. The van der Waals surface area contributed by atoms with Gasteiger partial charge in [-0.2, -0.15) is 5.26 Å². The number of benzene rings is 2. The second kappa shape index (κ2) is 5.32. The number of rotatable bonds is 3. The molecule has 0 spiro atoms. The van der Waals surface area contributed by atoms with Gasteiger partial charge in [0.2, 0.25) is 6.79 Å². The van der Waals surface area contributed by atoms with E-state index in [0.29, 0.717) is 34.4 Å². The van der Waals surface area contributed by atoms with E-state index >= 15 is 0 Å². The average molecular weight is 288 g/mol. The van der Waals surface area contributed by atoms with Gasteiger partial charge in [-0.15, -0.1) is 0 Å². The predicted molar refractivity (Wildman–Crippen MR) is 73.1 cm³/mol. The van der Waals surface area contributed by atoms with Crippen LogP contribution in [0.2, 0.25) is 5.02 Å². The molecule has 2 aromatic rings. The Morgan fingerprint density at radius 2 is 2.00 bits per heavy atom. The molecule has 0 saturated heterocycles. The van der Waals surface area contributed by atoms with Gasteiger partial charge in [0.15, 0.2) is 11.5 Å². The first-order valence-electron chi connectivity index (χ1n) is 5.97. The zero-order valence-corrected chi connectivity index (χ0v) is 11.2. The lowest BCUT2D eigenvalue weighted by Crippen LogP contribution is -1.96. The molecule has 0 radical (unpaired) electrons. The van der Waals surface area contributed by atoms with Crippen LogP contribution in [0.5, 0.6) is 17.2 Å². The van der Waals surface area contributed by atoms with Crippen LogP contribution < -0.4 is 14.2 Å². The zero-order valence-electron chi connectivity index (χ0n) is 10.4. The molecule has 0 fully saturated rings. The highest BCUT2D eigenvalue weighted by atomic mass is 35.5. The van der Waals surface area contributed by atoms with Crippen molar-refractivity contribution in [3.8, 4) is 23.3 Å². The van der Waals surface area contributed by atoms with Gasteiger partial charge in [-0.1, -0.05) is 17.7 Å². The molecule has 4 nitrogen and oxygen atoms in total. The van der Waals surface area contributed by atoms with Crippen LogP contribution in [0.25, 0.3) is 0 Å². The minimum atomic E-state index is 0.236. The molecule has 20 heavy (non-hydrogen) atoms. The Balaban J connectivity index is 1.72. The van der Waals surface area contributed by atoms with Crippen molar-refractivity contribution in [1.29, 1.82) is 5.26 Å². The Bertz CT molecular complexity index is 694. The summed E-state index contributed by atoms with van der Waals surface area (Å²) in [5.74, 6) is 2.07. The van der Waals surface area contributed by atoms with Crippen molar-refractivity contribution in [2.75, 3.05) is 6.79 Å². The van der Waals surface area contributed by atoms with E-state index in [-0.39, 0.29) is 6.79 Å². The van der Waals surface area contributed by atoms with E-state index in [1.807, 2.05) is 12.1 Å². The molecule has 0 bridgehead atoms. The van der Waals surface area contributed by atoms with E-state index in [9.17, 15) is 0 Å². The fourth-order valence-electron chi connectivity index (χ4n) is 1.86. The molecule has 5 heteroatoms. The van der Waals surface area contributed by atoms with Crippen molar-refractivity contribution in [3.63, 3.8) is 0 Å². The van der Waals surface area contributed by atoms with Crippen molar-refractivity contribution in [3.05, 3.63) is 52.5 Å². The summed E-state index contributed by atoms with van der Waals surface area (Å²) in [5.41, 5.74) is 1.35. The number of hydrogen-bond acceptors (Lipinski definition) is 4. The van der Waals surface area contributed by atoms with Crippen molar-refractivity contribution >= 4 is 11.6 Å². The molecular weight excluding hydrogens is 278 g/mol. The van der Waals surface area contributed by atoms with Crippen molar-refractivity contribution in [1.82, 2.24) is 0 Å². The highest BCUT2D eigenvalue weighted by Crippen LogP contribution is 2.35. The largest absolute Gasteiger partial charge is 0.489 e. The van der Waals surface area contributed by atoms with Gasteiger partial charge in [0.05, 0.1) is 11.6 Å². The maximum Gasteiger partial charge on any atom is 0.231 e. The Kier molecular flexibility index (Phi) is 3.36. The molecule has 100 valence electrons. The second-order valence-electron chi connectivity index (χ2n) is 4.22. The molecule has 0 amide bonds. The third kappa shape index (κ3) is 2.49. The van der Waals surface area contributed by atoms with Gasteiger partial charge in [-0.05, 0) is 24.3 Å². The summed E-state index contributed by atoms with van der Waals surface area (Å²) in [6.45, 7) is 0.560. The molecule has 3 rings (SSSR count). The van der Waals surface area contributed by atoms with Crippen molar-refractivity contribution < 1.29 is 14.2 Å². The lowest BCUT2D eigenvalue weighted by atomic mass is 10.1. The van der Waals surface area contributed by atoms with Crippen LogP contribution in [-0.2, 0) is 6.61 Å². The number of ether oxygens (including phenoxy) is 3. The molecule has 0 unspecified atom stereocenters. The van der Waals surface area contributed by atoms with Crippen LogP contribution >= 0.6 is 11.6 Å². The monoisotopic (exact) mass is 287 g/mol. The summed E-state index contributed by atoms with van der Waals surface area (Å²) in [5, 5.41) is 9.30. The SMILES string of the molecule is N#Cc1ccc(COc2ccc3c(c2)OCO3)c(Cl)c1. The summed E-state index contributed by atoms with van der Waals surface area (Å²) in [7, 11) is 0. The Labute approximate surface area is 121 Å². The van der Waals surface area contributed by atoms with Gasteiger partial charge in [-0.25, -0.2) is 0 Å². The van der Waals surface area contributed by atoms with Crippen LogP contribution in [0.3, 0.4) is 0 Å². The highest BCUT2D eigenvalue weighted by Gasteiger charge is 2.13. The van der Waals surface area contributed by atoms with Gasteiger partial charge in [0, 0.05) is 16.7 Å². The molecule has 1 aliphatic rings. The van der Waals surface area contributed by atoms with E-state index in [4.69, 9.17) is 31.1 Å². The summed E-state index contributed by atoms with van der Waals surface area (Å²) < 4.78 is 16.2. The Morgan fingerprint density at radius 3 is 2.80 bits per heavy atom. The molecule has 0 saturated carbocycles. The second-order valence-corrected chi connectivity index (χ2v) is 4.63. The van der Waals surface area contributed by atoms with Crippen molar-refractivity contribution in [2.24, 2.45) is 0 Å². The minimum absolute atomic E-state index is 0.236. The normalized spacial score (nSPS) is 12.0. The summed E-state index contributed by atoms with van der Waals surface area (Å²) in [6, 6.07) is 12.6. The number of halogens is 1. The van der Waals surface area contributed by atoms with Crippen LogP contribution in [0, 0.1) is 11.3 Å². The first-order valence-corrected chi connectivity index (χ1v) is 6.35. The highest BCUT2D eigenvalue weighted by molar-refractivity contribution is 6.31. The third-order valence-electron chi connectivity index (χ3n) is 2.92. The minimum Gasteiger partial charge on any atom is -0.489 e. The van der Waals surface area contributed by atoms with E-state index in [2.05, 4.69) is 0 Å². The fraction of sp³-hybridized carbons (Fsp3) is 0.133. The lowest BCUT2D eigenvalue weighted by Gasteiger charge is -2.08. The first kappa shape index (κ1) is 12.6. The molecule has 2 aromatic carbocycles. The molecule has 0 aromatic heterocycles. The predicted octanol–water partition coefficient (Wildman–Crippen LogP) is 3.52. The zero-order chi connectivity index (χ0) is 13.9. The number of nitrogens with zero attached hydrogens (tertiary/aromatic N) is 1. The van der Waals surface area contributed by atoms with Gasteiger partial charge < -0.3 is 14.2 Å². The molecule has 1 heterocycles. The van der Waals surface area contributed by atoms with Crippen LogP contribution in [0.15, 0.2) is 36.4 Å². The van der Waals surface area contributed by atoms with Gasteiger partial charge in [0.25, 0.3) is 0 Å². The van der Waals surface area contributed by atoms with E-state index in [1.54, 1.807) is 30.3 Å². The van der Waals surface area contributed by atoms with E-state index in [0.717, 1.165) is 5.56 Å². The smallest absolute Gasteiger partial charge is 0.231 e. The standard InChI is InChI=1S/C15H10ClNO3/c16-13-5-10(7-17)1-2-11(13)8-18-12-3-4-14-15(6-12)20-9-19-14/h1-6H,8-9H2. The average Bonchev–Trinajstić information content (AvgIpc) is 2.93. The molecular formula is C15H10ClNO3. The topological polar surface area (TPSA) is 51.5 Å². The van der Waals surface area contributed by atoms with Gasteiger partial charge >= 0.3 is 0 Å². The number of nitriles is 1. The maximum atomic E-state index is 8.78. The number of fused-ring (bicyclic) bond motifs is 1. The van der Waals surface area contributed by atoms with Gasteiger partial charge in [0.1, 0.15) is 12.4 Å². The third-order valence-corrected chi connectivity index (χ3v) is 3.27. The lowest BCUT2D eigenvalue weighted by molar-refractivity contribution is 0.173. The van der Waals surface area contributed by atoms with Crippen LogP contribution in [0.4, 0.5) is 0 Å². The Hall–Kier alpha value is -2.38. The molecule has 0 atom stereocenters. The summed E-state index contributed by atoms with van der Waals surface area (Å²) >= 11 is 6.09. The van der Waals surface area contributed by atoms with Crippen LogP contribution in [0.1, 0.15) is 11.1 Å². The van der Waals surface area contributed by atoms with E-state index < -0.39 is 0 Å². The van der Waals surface area contributed by atoms with Gasteiger partial charge in [-0.3, -0.25) is 0 Å². The maximum absolute atomic E-state index is 8.78. The summed E-state index contributed by atoms with van der Waals surface area (Å²) in [4.78, 5) is 0. The van der Waals surface area contributed by atoms with Crippen molar-refractivity contribution in [2.45, 2.75) is 6.61 Å². The quantitative estimate of drug-likeness (QED) is 0.867. The van der Waals surface area contributed by atoms with Crippen LogP contribution in [-0.4, -0.2) is 6.79 Å². The molecule has 0 N–H and O–H groups in total. The van der Waals surface area contributed by atoms with E-state index in [1.165, 1.54) is 0 Å². The first-order chi connectivity index (χ1) is 9.76. The summed E-state index contributed by atoms with van der Waals surface area (Å²) in [6.07, 6.45) is 0. The number of hydrogen-bond donors (Lipinski definition) is 0. The molecule has 0 aliphatic carbocycles. The Morgan fingerprint density at radius 1 is 1.15 bits per heavy atom. The molecule has 1 aliphatic heterocycles.